The van der Waals surface area contributed by atoms with Gasteiger partial charge < -0.3 is 19.3 Å². The number of rotatable bonds is 3. The van der Waals surface area contributed by atoms with E-state index in [9.17, 15) is 19.5 Å². The molecule has 1 aliphatic carbocycles. The Labute approximate surface area is 163 Å². The number of ether oxygens (including phenoxy) is 3. The first-order valence-corrected chi connectivity index (χ1v) is 9.28. The lowest BCUT2D eigenvalue weighted by atomic mass is 9.79. The lowest BCUT2D eigenvalue weighted by molar-refractivity contribution is -0.159. The van der Waals surface area contributed by atoms with Crippen LogP contribution in [0, 0.1) is 5.92 Å². The number of carbonyl (C=O) groups excluding carboxylic acids is 3. The molecule has 0 amide bonds. The van der Waals surface area contributed by atoms with Crippen molar-refractivity contribution in [1.82, 2.24) is 0 Å². The van der Waals surface area contributed by atoms with Crippen molar-refractivity contribution in [2.75, 3.05) is 5.88 Å². The zero-order chi connectivity index (χ0) is 20.4. The molecule has 5 atom stereocenters. The Kier molecular flexibility index (Phi) is 6.70. The highest BCUT2D eigenvalue weighted by Crippen LogP contribution is 2.40. The number of hydrogen-bond donors (Lipinski definition) is 1. The minimum atomic E-state index is -1.96. The first-order chi connectivity index (χ1) is 12.6. The molecule has 0 bridgehead atoms. The van der Waals surface area contributed by atoms with Gasteiger partial charge in [-0.25, -0.2) is 4.79 Å². The molecule has 5 unspecified atom stereocenters. The van der Waals surface area contributed by atoms with Gasteiger partial charge in [0.15, 0.2) is 5.60 Å². The maximum Gasteiger partial charge on any atom is 0.340 e. The first-order valence-electron chi connectivity index (χ1n) is 8.75. The molecule has 1 fully saturated rings. The lowest BCUT2D eigenvalue weighted by Gasteiger charge is -2.33. The largest absolute Gasteiger partial charge is 0.462 e. The summed E-state index contributed by atoms with van der Waals surface area (Å²) in [5.41, 5.74) is -0.370. The molecule has 0 radical (unpaired) electrons. The number of aliphatic hydroxyl groups is 1. The second kappa shape index (κ2) is 8.44. The number of hydrogen-bond acceptors (Lipinski definition) is 7. The molecule has 0 aromatic heterocycles. The Morgan fingerprint density at radius 2 is 1.78 bits per heavy atom. The average Bonchev–Trinajstić information content (AvgIpc) is 2.75. The summed E-state index contributed by atoms with van der Waals surface area (Å²) in [5.74, 6) is -3.03. The van der Waals surface area contributed by atoms with Crippen LogP contribution in [0.3, 0.4) is 0 Å². The van der Waals surface area contributed by atoms with Crippen molar-refractivity contribution in [3.8, 4) is 0 Å². The van der Waals surface area contributed by atoms with E-state index in [0.717, 1.165) is 11.1 Å². The molecule has 8 heteroatoms. The highest BCUT2D eigenvalue weighted by atomic mass is 35.5. The Morgan fingerprint density at radius 3 is 2.33 bits per heavy atom. The van der Waals surface area contributed by atoms with Gasteiger partial charge in [-0.1, -0.05) is 11.1 Å². The fourth-order valence-electron chi connectivity index (χ4n) is 3.68. The minimum Gasteiger partial charge on any atom is -0.462 e. The third-order valence-electron chi connectivity index (χ3n) is 4.71. The maximum atomic E-state index is 12.3. The molecular weight excluding hydrogens is 376 g/mol. The quantitative estimate of drug-likeness (QED) is 0.335. The fraction of sp³-hybridized carbons (Fsp3) is 0.632. The van der Waals surface area contributed by atoms with Gasteiger partial charge in [0.25, 0.3) is 0 Å². The van der Waals surface area contributed by atoms with E-state index in [1.54, 1.807) is 19.1 Å². The fourth-order valence-corrected chi connectivity index (χ4v) is 3.97. The smallest absolute Gasteiger partial charge is 0.340 e. The molecule has 1 aliphatic heterocycles. The van der Waals surface area contributed by atoms with E-state index in [2.05, 4.69) is 0 Å². The Bertz CT molecular complexity index is 684. The van der Waals surface area contributed by atoms with Crippen molar-refractivity contribution >= 4 is 29.5 Å². The van der Waals surface area contributed by atoms with Crippen LogP contribution < -0.4 is 0 Å². The molecule has 2 rings (SSSR count). The van der Waals surface area contributed by atoms with Gasteiger partial charge in [0, 0.05) is 26.7 Å². The minimum absolute atomic E-state index is 0.237. The van der Waals surface area contributed by atoms with Gasteiger partial charge in [-0.05, 0) is 26.0 Å². The van der Waals surface area contributed by atoms with Gasteiger partial charge >= 0.3 is 17.9 Å². The number of fused-ring (bicyclic) bond motifs is 1. The van der Waals surface area contributed by atoms with E-state index >= 15 is 0 Å². The van der Waals surface area contributed by atoms with Crippen molar-refractivity contribution in [2.24, 2.45) is 5.92 Å². The van der Waals surface area contributed by atoms with E-state index in [-0.39, 0.29) is 12.3 Å². The first kappa shape index (κ1) is 21.4. The summed E-state index contributed by atoms with van der Waals surface area (Å²) in [6, 6.07) is 0. The SMILES string of the molecule is CC(=O)OC1C=C(C)CC(OC(C)=O)C2C(C=C(C)C1)OC(=O)C2(O)CCl. The Balaban J connectivity index is 2.50. The molecule has 1 heterocycles. The molecule has 1 saturated heterocycles. The normalized spacial score (nSPS) is 33.9. The van der Waals surface area contributed by atoms with Crippen molar-refractivity contribution in [3.63, 3.8) is 0 Å². The summed E-state index contributed by atoms with van der Waals surface area (Å²) in [5, 5.41) is 10.9. The van der Waals surface area contributed by atoms with Crippen LogP contribution >= 0.6 is 11.6 Å². The summed E-state index contributed by atoms with van der Waals surface area (Å²) in [4.78, 5) is 35.3. The molecular formula is C19H25ClO7. The van der Waals surface area contributed by atoms with Crippen LogP contribution in [0.5, 0.6) is 0 Å². The zero-order valence-corrected chi connectivity index (χ0v) is 16.6. The Hall–Kier alpha value is -1.86. The van der Waals surface area contributed by atoms with Crippen LogP contribution in [0.4, 0.5) is 0 Å². The molecule has 0 aromatic carbocycles. The topological polar surface area (TPSA) is 99.1 Å². The third kappa shape index (κ3) is 4.90. The molecule has 150 valence electrons. The summed E-state index contributed by atoms with van der Waals surface area (Å²) in [6.45, 7) is 6.20. The van der Waals surface area contributed by atoms with E-state index < -0.39 is 47.7 Å². The van der Waals surface area contributed by atoms with Crippen LogP contribution in [-0.2, 0) is 28.6 Å². The monoisotopic (exact) mass is 400 g/mol. The van der Waals surface area contributed by atoms with Crippen LogP contribution in [0.2, 0.25) is 0 Å². The molecule has 7 nitrogen and oxygen atoms in total. The molecule has 2 aliphatic rings. The second-order valence-electron chi connectivity index (χ2n) is 7.18. The number of carbonyl (C=O) groups is 3. The maximum absolute atomic E-state index is 12.3. The van der Waals surface area contributed by atoms with Gasteiger partial charge in [0.2, 0.25) is 0 Å². The van der Waals surface area contributed by atoms with Crippen molar-refractivity contribution < 1.29 is 33.7 Å². The van der Waals surface area contributed by atoms with Gasteiger partial charge in [-0.3, -0.25) is 9.59 Å². The lowest BCUT2D eigenvalue weighted by Crippen LogP contribution is -2.50. The highest BCUT2D eigenvalue weighted by molar-refractivity contribution is 6.20. The molecule has 0 aromatic rings. The predicted molar refractivity (Wildman–Crippen MR) is 96.9 cm³/mol. The third-order valence-corrected chi connectivity index (χ3v) is 5.11. The van der Waals surface area contributed by atoms with E-state index in [0.29, 0.717) is 6.42 Å². The predicted octanol–water partition coefficient (Wildman–Crippen LogP) is 2.05. The Morgan fingerprint density at radius 1 is 1.19 bits per heavy atom. The van der Waals surface area contributed by atoms with Crippen LogP contribution in [0.25, 0.3) is 0 Å². The second-order valence-corrected chi connectivity index (χ2v) is 7.45. The summed E-state index contributed by atoms with van der Waals surface area (Å²) >= 11 is 5.90. The summed E-state index contributed by atoms with van der Waals surface area (Å²) < 4.78 is 16.1. The van der Waals surface area contributed by atoms with E-state index in [1.807, 2.05) is 6.92 Å². The number of esters is 3. The standard InChI is InChI=1S/C19H25ClO7/c1-10-5-14(25-12(3)21)6-11(2)8-16-17(15(7-10)26-13(4)22)19(24,9-20)18(23)27-16/h5,8,14-17,24H,6-7,9H2,1-4H3. The van der Waals surface area contributed by atoms with Gasteiger partial charge in [0.05, 0.1) is 11.8 Å². The number of alkyl halides is 1. The molecule has 0 saturated carbocycles. The summed E-state index contributed by atoms with van der Waals surface area (Å²) in [6.07, 6.45) is 1.99. The van der Waals surface area contributed by atoms with E-state index in [4.69, 9.17) is 25.8 Å². The van der Waals surface area contributed by atoms with Crippen LogP contribution in [0.15, 0.2) is 23.3 Å². The van der Waals surface area contributed by atoms with Gasteiger partial charge in [-0.15, -0.1) is 11.6 Å². The van der Waals surface area contributed by atoms with E-state index in [1.165, 1.54) is 13.8 Å². The zero-order valence-electron chi connectivity index (χ0n) is 15.9. The number of halogens is 1. The average molecular weight is 401 g/mol. The van der Waals surface area contributed by atoms with Crippen molar-refractivity contribution in [3.05, 3.63) is 23.3 Å². The van der Waals surface area contributed by atoms with Crippen molar-refractivity contribution in [1.29, 1.82) is 0 Å². The van der Waals surface area contributed by atoms with Gasteiger partial charge in [-0.2, -0.15) is 0 Å². The summed E-state index contributed by atoms with van der Waals surface area (Å²) in [7, 11) is 0. The van der Waals surface area contributed by atoms with Crippen LogP contribution in [0.1, 0.15) is 40.5 Å². The molecule has 0 spiro atoms. The van der Waals surface area contributed by atoms with Gasteiger partial charge in [0.1, 0.15) is 18.3 Å². The molecule has 1 N–H and O–H groups in total. The highest BCUT2D eigenvalue weighted by Gasteiger charge is 2.59. The molecule has 27 heavy (non-hydrogen) atoms. The van der Waals surface area contributed by atoms with Crippen molar-refractivity contribution in [2.45, 2.75) is 64.4 Å². The van der Waals surface area contributed by atoms with Crippen LogP contribution in [-0.4, -0.2) is 52.8 Å².